The number of hydrogen-bond acceptors (Lipinski definition) is 4. The highest BCUT2D eigenvalue weighted by atomic mass is 32.1. The predicted octanol–water partition coefficient (Wildman–Crippen LogP) is 2.19. The molecule has 0 aliphatic carbocycles. The lowest BCUT2D eigenvalue weighted by Gasteiger charge is -2.35. The van der Waals surface area contributed by atoms with Crippen molar-refractivity contribution in [1.29, 1.82) is 0 Å². The zero-order valence-corrected chi connectivity index (χ0v) is 10.8. The summed E-state index contributed by atoms with van der Waals surface area (Å²) < 4.78 is 0. The first-order valence-corrected chi connectivity index (χ1v) is 6.96. The van der Waals surface area contributed by atoms with Gasteiger partial charge < -0.3 is 5.11 Å². The van der Waals surface area contributed by atoms with Crippen molar-refractivity contribution < 1.29 is 9.90 Å². The van der Waals surface area contributed by atoms with Crippen LogP contribution in [0, 0.1) is 0 Å². The smallest absolute Gasteiger partial charge is 0.320 e. The van der Waals surface area contributed by atoms with E-state index in [0.29, 0.717) is 12.3 Å². The number of aromatic nitrogens is 1. The molecule has 1 fully saturated rings. The molecule has 4 nitrogen and oxygen atoms in total. The van der Waals surface area contributed by atoms with Gasteiger partial charge in [0.05, 0.1) is 5.01 Å². The molecule has 1 aromatic rings. The monoisotopic (exact) mass is 254 g/mol. The Morgan fingerprint density at radius 3 is 3.18 bits per heavy atom. The molecule has 17 heavy (non-hydrogen) atoms. The van der Waals surface area contributed by atoms with Crippen molar-refractivity contribution in [2.75, 3.05) is 13.1 Å². The van der Waals surface area contributed by atoms with Gasteiger partial charge in [0.15, 0.2) is 0 Å². The fraction of sp³-hybridized carbons (Fsp3) is 0.667. The van der Waals surface area contributed by atoms with Gasteiger partial charge in [0, 0.05) is 24.0 Å². The predicted molar refractivity (Wildman–Crippen MR) is 67.4 cm³/mol. The van der Waals surface area contributed by atoms with E-state index in [1.807, 2.05) is 18.5 Å². The number of carboxylic acid groups (broad SMARTS) is 1. The highest BCUT2D eigenvalue weighted by Gasteiger charge is 2.30. The number of likely N-dealkylation sites (tertiary alicyclic amines) is 1. The van der Waals surface area contributed by atoms with Gasteiger partial charge in [-0.05, 0) is 25.8 Å². The summed E-state index contributed by atoms with van der Waals surface area (Å²) in [7, 11) is 0. The molecule has 2 unspecified atom stereocenters. The summed E-state index contributed by atoms with van der Waals surface area (Å²) in [5.41, 5.74) is 0. The molecule has 0 saturated carbocycles. The van der Waals surface area contributed by atoms with Crippen LogP contribution in [0.15, 0.2) is 11.6 Å². The van der Waals surface area contributed by atoms with Crippen molar-refractivity contribution in [1.82, 2.24) is 9.88 Å². The third-order valence-corrected chi connectivity index (χ3v) is 4.30. The van der Waals surface area contributed by atoms with Gasteiger partial charge in [-0.3, -0.25) is 9.69 Å². The van der Waals surface area contributed by atoms with Crippen LogP contribution < -0.4 is 0 Å². The maximum absolute atomic E-state index is 11.2. The Morgan fingerprint density at radius 2 is 2.59 bits per heavy atom. The molecule has 0 aromatic carbocycles. The molecule has 1 saturated heterocycles. The van der Waals surface area contributed by atoms with Crippen molar-refractivity contribution in [3.8, 4) is 0 Å². The Hall–Kier alpha value is -0.940. The van der Waals surface area contributed by atoms with E-state index < -0.39 is 5.97 Å². The van der Waals surface area contributed by atoms with E-state index in [4.69, 9.17) is 0 Å². The Bertz CT molecular complexity index is 367. The first kappa shape index (κ1) is 12.5. The zero-order valence-electron chi connectivity index (χ0n) is 10.0. The number of rotatable bonds is 4. The number of aliphatic carboxylic acids is 1. The SMILES string of the molecule is CCC(C(=O)O)N1CCCC(c2nccs2)C1. The van der Waals surface area contributed by atoms with E-state index in [1.54, 1.807) is 11.3 Å². The van der Waals surface area contributed by atoms with Gasteiger partial charge in [-0.1, -0.05) is 6.92 Å². The van der Waals surface area contributed by atoms with Crippen LogP contribution in [-0.4, -0.2) is 40.1 Å². The van der Waals surface area contributed by atoms with Gasteiger partial charge in [-0.25, -0.2) is 4.98 Å². The van der Waals surface area contributed by atoms with Crippen LogP contribution in [0.4, 0.5) is 0 Å². The highest BCUT2D eigenvalue weighted by Crippen LogP contribution is 2.29. The van der Waals surface area contributed by atoms with Crippen LogP contribution in [-0.2, 0) is 4.79 Å². The van der Waals surface area contributed by atoms with Gasteiger partial charge in [-0.2, -0.15) is 0 Å². The maximum atomic E-state index is 11.2. The molecular formula is C12H18N2O2S. The quantitative estimate of drug-likeness (QED) is 0.895. The summed E-state index contributed by atoms with van der Waals surface area (Å²) in [4.78, 5) is 17.6. The van der Waals surface area contributed by atoms with Gasteiger partial charge in [0.1, 0.15) is 6.04 Å². The second-order valence-electron chi connectivity index (χ2n) is 4.47. The molecule has 0 radical (unpaired) electrons. The number of carboxylic acids is 1. The molecule has 1 aromatic heterocycles. The number of carbonyl (C=O) groups is 1. The second-order valence-corrected chi connectivity index (χ2v) is 5.39. The average Bonchev–Trinajstić information content (AvgIpc) is 2.83. The first-order valence-electron chi connectivity index (χ1n) is 6.08. The van der Waals surface area contributed by atoms with Gasteiger partial charge in [-0.15, -0.1) is 11.3 Å². The first-order chi connectivity index (χ1) is 8.22. The van der Waals surface area contributed by atoms with E-state index in [2.05, 4.69) is 9.88 Å². The Kier molecular flexibility index (Phi) is 4.12. The second kappa shape index (κ2) is 5.60. The third-order valence-electron chi connectivity index (χ3n) is 3.37. The van der Waals surface area contributed by atoms with Crippen LogP contribution in [0.3, 0.4) is 0 Å². The molecule has 0 spiro atoms. The standard InChI is InChI=1S/C12H18N2O2S/c1-2-10(12(15)16)14-6-3-4-9(8-14)11-13-5-7-17-11/h5,7,9-10H,2-4,6,8H2,1H3,(H,15,16). The van der Waals surface area contributed by atoms with Crippen LogP contribution in [0.25, 0.3) is 0 Å². The van der Waals surface area contributed by atoms with E-state index in [1.165, 1.54) is 0 Å². The van der Waals surface area contributed by atoms with Crippen LogP contribution in [0.5, 0.6) is 0 Å². The summed E-state index contributed by atoms with van der Waals surface area (Å²) in [6.07, 6.45) is 4.68. The number of nitrogens with zero attached hydrogens (tertiary/aromatic N) is 2. The van der Waals surface area contributed by atoms with Gasteiger partial charge >= 0.3 is 5.97 Å². The molecule has 2 heterocycles. The van der Waals surface area contributed by atoms with Crippen molar-refractivity contribution >= 4 is 17.3 Å². The summed E-state index contributed by atoms with van der Waals surface area (Å²) in [6.45, 7) is 3.66. The molecule has 0 bridgehead atoms. The highest BCUT2D eigenvalue weighted by molar-refractivity contribution is 7.09. The topological polar surface area (TPSA) is 53.4 Å². The number of hydrogen-bond donors (Lipinski definition) is 1. The van der Waals surface area contributed by atoms with Crippen LogP contribution in [0.1, 0.15) is 37.1 Å². The molecule has 94 valence electrons. The summed E-state index contributed by atoms with van der Waals surface area (Å²) in [5.74, 6) is -0.288. The minimum absolute atomic E-state index is 0.335. The normalized spacial score (nSPS) is 23.5. The minimum atomic E-state index is -0.702. The summed E-state index contributed by atoms with van der Waals surface area (Å²) in [6, 6.07) is -0.335. The summed E-state index contributed by atoms with van der Waals surface area (Å²) >= 11 is 1.67. The molecule has 1 aliphatic rings. The fourth-order valence-electron chi connectivity index (χ4n) is 2.52. The van der Waals surface area contributed by atoms with Gasteiger partial charge in [0.25, 0.3) is 0 Å². The molecule has 2 rings (SSSR count). The van der Waals surface area contributed by atoms with Gasteiger partial charge in [0.2, 0.25) is 0 Å². The van der Waals surface area contributed by atoms with E-state index in [9.17, 15) is 9.90 Å². The molecule has 0 amide bonds. The van der Waals surface area contributed by atoms with Crippen molar-refractivity contribution in [3.63, 3.8) is 0 Å². The Labute approximate surface area is 105 Å². The molecule has 1 N–H and O–H groups in total. The Balaban J connectivity index is 2.04. The lowest BCUT2D eigenvalue weighted by Crippen LogP contribution is -2.45. The molecule has 2 atom stereocenters. The zero-order chi connectivity index (χ0) is 12.3. The van der Waals surface area contributed by atoms with E-state index >= 15 is 0 Å². The maximum Gasteiger partial charge on any atom is 0.320 e. The van der Waals surface area contributed by atoms with Crippen molar-refractivity contribution in [2.45, 2.75) is 38.1 Å². The largest absolute Gasteiger partial charge is 0.480 e. The number of piperidine rings is 1. The van der Waals surface area contributed by atoms with E-state index in [-0.39, 0.29) is 6.04 Å². The van der Waals surface area contributed by atoms with Crippen molar-refractivity contribution in [3.05, 3.63) is 16.6 Å². The molecular weight excluding hydrogens is 236 g/mol. The molecule has 5 heteroatoms. The van der Waals surface area contributed by atoms with Crippen LogP contribution in [0.2, 0.25) is 0 Å². The molecule has 1 aliphatic heterocycles. The van der Waals surface area contributed by atoms with Crippen molar-refractivity contribution in [2.24, 2.45) is 0 Å². The third kappa shape index (κ3) is 2.84. The van der Waals surface area contributed by atoms with Crippen LogP contribution >= 0.6 is 11.3 Å². The lowest BCUT2D eigenvalue weighted by atomic mass is 9.96. The minimum Gasteiger partial charge on any atom is -0.480 e. The van der Waals surface area contributed by atoms with E-state index in [0.717, 1.165) is 30.9 Å². The Morgan fingerprint density at radius 1 is 1.76 bits per heavy atom. The fourth-order valence-corrected chi connectivity index (χ4v) is 3.28. The number of thiazole rings is 1. The summed E-state index contributed by atoms with van der Waals surface area (Å²) in [5, 5.41) is 12.3. The lowest BCUT2D eigenvalue weighted by molar-refractivity contribution is -0.144. The average molecular weight is 254 g/mol.